The van der Waals surface area contributed by atoms with Crippen LogP contribution in [0.2, 0.25) is 0 Å². The van der Waals surface area contributed by atoms with E-state index in [0.717, 1.165) is 7.11 Å². The first-order chi connectivity index (χ1) is 5.22. The summed E-state index contributed by atoms with van der Waals surface area (Å²) in [7, 11) is 1.09. The normalized spacial score (nSPS) is 8.91. The summed E-state index contributed by atoms with van der Waals surface area (Å²) in [5.74, 6) is -2.52. The zero-order valence-corrected chi connectivity index (χ0v) is 6.16. The predicted octanol–water partition coefficient (Wildman–Crippen LogP) is -0.414. The third-order valence-electron chi connectivity index (χ3n) is 0.578. The molecule has 0 aliphatic heterocycles. The van der Waals surface area contributed by atoms with Gasteiger partial charge in [0.15, 0.2) is 0 Å². The van der Waals surface area contributed by atoms with Crippen molar-refractivity contribution in [3.63, 3.8) is 0 Å². The van der Waals surface area contributed by atoms with E-state index in [1.54, 1.807) is 6.92 Å². The van der Waals surface area contributed by atoms with Crippen molar-refractivity contribution in [1.29, 1.82) is 0 Å². The molecule has 0 aromatic heterocycles. The Morgan fingerprint density at radius 3 is 2.18 bits per heavy atom. The average Bonchev–Trinajstić information content (AvgIpc) is 2.00. The molecular weight excluding hydrogens is 156 g/mol. The van der Waals surface area contributed by atoms with Crippen LogP contribution < -0.4 is 0 Å². The van der Waals surface area contributed by atoms with Crippen LogP contribution in [0, 0.1) is 0 Å². The molecule has 0 aliphatic carbocycles. The molecule has 0 fully saturated rings. The molecular formula is C5H8O6. The average molecular weight is 164 g/mol. The Labute approximate surface area is 62.8 Å². The fraction of sp³-hybridized carbons (Fsp3) is 0.600. The summed E-state index contributed by atoms with van der Waals surface area (Å²) in [5, 5.41) is 0. The molecule has 0 N–H and O–H groups in total. The maximum atomic E-state index is 10.4. The quantitative estimate of drug-likeness (QED) is 0.320. The standard InChI is InChI=1S/C5H8O6/c1-3-9-11-5(7)4(6)10-8-2/h3H2,1-2H3. The smallest absolute Gasteiger partial charge is 0.286 e. The lowest BCUT2D eigenvalue weighted by atomic mass is 10.7. The van der Waals surface area contributed by atoms with Crippen molar-refractivity contribution in [2.24, 2.45) is 0 Å². The SMILES string of the molecule is CCOOC(=O)C(=O)OOC. The Morgan fingerprint density at radius 2 is 1.73 bits per heavy atom. The van der Waals surface area contributed by atoms with E-state index in [4.69, 9.17) is 0 Å². The predicted molar refractivity (Wildman–Crippen MR) is 30.8 cm³/mol. The molecule has 0 bridgehead atoms. The van der Waals surface area contributed by atoms with E-state index in [0.29, 0.717) is 0 Å². The van der Waals surface area contributed by atoms with Crippen LogP contribution in [0.15, 0.2) is 0 Å². The van der Waals surface area contributed by atoms with Gasteiger partial charge in [-0.15, -0.1) is 0 Å². The van der Waals surface area contributed by atoms with Crippen molar-refractivity contribution in [3.05, 3.63) is 0 Å². The van der Waals surface area contributed by atoms with Crippen LogP contribution in [-0.4, -0.2) is 25.7 Å². The molecule has 6 heteroatoms. The molecule has 0 radical (unpaired) electrons. The Balaban J connectivity index is 3.56. The molecule has 6 nitrogen and oxygen atoms in total. The second-order valence-electron chi connectivity index (χ2n) is 1.31. The second kappa shape index (κ2) is 5.63. The molecule has 0 atom stereocenters. The van der Waals surface area contributed by atoms with Gasteiger partial charge in [-0.3, -0.25) is 9.78 Å². The van der Waals surface area contributed by atoms with Gasteiger partial charge in [-0.05, 0) is 6.92 Å². The fourth-order valence-corrected chi connectivity index (χ4v) is 0.256. The molecule has 0 spiro atoms. The topological polar surface area (TPSA) is 71.1 Å². The van der Waals surface area contributed by atoms with Crippen LogP contribution in [0.4, 0.5) is 0 Å². The highest BCUT2D eigenvalue weighted by atomic mass is 17.2. The highest BCUT2D eigenvalue weighted by Crippen LogP contribution is 1.85. The van der Waals surface area contributed by atoms with Crippen LogP contribution in [0.1, 0.15) is 6.92 Å². The van der Waals surface area contributed by atoms with Crippen LogP contribution >= 0.6 is 0 Å². The second-order valence-corrected chi connectivity index (χ2v) is 1.31. The Kier molecular flexibility index (Phi) is 5.05. The third kappa shape index (κ3) is 4.29. The van der Waals surface area contributed by atoms with Gasteiger partial charge >= 0.3 is 11.9 Å². The fourth-order valence-electron chi connectivity index (χ4n) is 0.256. The van der Waals surface area contributed by atoms with Crippen molar-refractivity contribution in [3.8, 4) is 0 Å². The zero-order valence-electron chi connectivity index (χ0n) is 6.16. The van der Waals surface area contributed by atoms with E-state index >= 15 is 0 Å². The maximum Gasteiger partial charge on any atom is 0.453 e. The minimum atomic E-state index is -1.26. The third-order valence-corrected chi connectivity index (χ3v) is 0.578. The first kappa shape index (κ1) is 9.86. The van der Waals surface area contributed by atoms with Crippen LogP contribution in [0.5, 0.6) is 0 Å². The zero-order chi connectivity index (χ0) is 8.69. The van der Waals surface area contributed by atoms with Crippen molar-refractivity contribution in [2.75, 3.05) is 13.7 Å². The largest absolute Gasteiger partial charge is 0.453 e. The number of carbonyl (C=O) groups excluding carboxylic acids is 2. The van der Waals surface area contributed by atoms with Gasteiger partial charge in [0.25, 0.3) is 0 Å². The van der Waals surface area contributed by atoms with Crippen molar-refractivity contribution in [2.45, 2.75) is 6.92 Å². The summed E-state index contributed by atoms with van der Waals surface area (Å²) in [4.78, 5) is 36.5. The lowest BCUT2D eigenvalue weighted by molar-refractivity contribution is -0.287. The molecule has 0 aliphatic rings. The first-order valence-electron chi connectivity index (χ1n) is 2.80. The van der Waals surface area contributed by atoms with Crippen LogP contribution in [0.25, 0.3) is 0 Å². The molecule has 0 aromatic rings. The van der Waals surface area contributed by atoms with E-state index in [1.807, 2.05) is 0 Å². The van der Waals surface area contributed by atoms with E-state index in [-0.39, 0.29) is 6.61 Å². The lowest BCUT2D eigenvalue weighted by Gasteiger charge is -1.98. The monoisotopic (exact) mass is 164 g/mol. The van der Waals surface area contributed by atoms with Gasteiger partial charge in [-0.2, -0.15) is 9.78 Å². The van der Waals surface area contributed by atoms with Crippen molar-refractivity contribution < 1.29 is 29.1 Å². The van der Waals surface area contributed by atoms with Crippen molar-refractivity contribution in [1.82, 2.24) is 0 Å². The Hall–Kier alpha value is -1.14. The summed E-state index contributed by atoms with van der Waals surface area (Å²) < 4.78 is 0. The Bertz CT molecular complexity index is 142. The summed E-state index contributed by atoms with van der Waals surface area (Å²) >= 11 is 0. The molecule has 0 rings (SSSR count). The number of hydrogen-bond acceptors (Lipinski definition) is 6. The van der Waals surface area contributed by atoms with Gasteiger partial charge < -0.3 is 0 Å². The number of hydrogen-bond donors (Lipinski definition) is 0. The van der Waals surface area contributed by atoms with Crippen LogP contribution in [0.3, 0.4) is 0 Å². The summed E-state index contributed by atoms with van der Waals surface area (Å²) in [6.45, 7) is 1.75. The van der Waals surface area contributed by atoms with Gasteiger partial charge in [0.1, 0.15) is 0 Å². The van der Waals surface area contributed by atoms with E-state index < -0.39 is 11.9 Å². The number of carbonyl (C=O) groups is 2. The van der Waals surface area contributed by atoms with Gasteiger partial charge in [0, 0.05) is 0 Å². The first-order valence-corrected chi connectivity index (χ1v) is 2.80. The minimum absolute atomic E-state index is 0.159. The van der Waals surface area contributed by atoms with E-state index in [2.05, 4.69) is 19.6 Å². The molecule has 0 amide bonds. The lowest BCUT2D eigenvalue weighted by Crippen LogP contribution is -2.20. The highest BCUT2D eigenvalue weighted by Gasteiger charge is 2.19. The van der Waals surface area contributed by atoms with Gasteiger partial charge in [-0.25, -0.2) is 9.59 Å². The van der Waals surface area contributed by atoms with Gasteiger partial charge in [0.2, 0.25) is 0 Å². The Morgan fingerprint density at radius 1 is 1.18 bits per heavy atom. The van der Waals surface area contributed by atoms with Gasteiger partial charge in [0.05, 0.1) is 13.7 Å². The van der Waals surface area contributed by atoms with Crippen molar-refractivity contribution >= 4 is 11.9 Å². The summed E-state index contributed by atoms with van der Waals surface area (Å²) in [6.07, 6.45) is 0. The molecule has 64 valence electrons. The van der Waals surface area contributed by atoms with E-state index in [1.165, 1.54) is 0 Å². The molecule has 11 heavy (non-hydrogen) atoms. The minimum Gasteiger partial charge on any atom is -0.286 e. The molecule has 0 unspecified atom stereocenters. The van der Waals surface area contributed by atoms with Crippen LogP contribution in [-0.2, 0) is 29.1 Å². The maximum absolute atomic E-state index is 10.4. The highest BCUT2D eigenvalue weighted by molar-refractivity contribution is 6.29. The summed E-state index contributed by atoms with van der Waals surface area (Å²) in [5.41, 5.74) is 0. The van der Waals surface area contributed by atoms with E-state index in [9.17, 15) is 9.59 Å². The van der Waals surface area contributed by atoms with Gasteiger partial charge in [-0.1, -0.05) is 0 Å². The molecule has 0 aromatic carbocycles. The molecule has 0 heterocycles. The number of rotatable bonds is 3. The summed E-state index contributed by atoms with van der Waals surface area (Å²) in [6, 6.07) is 0. The molecule has 0 saturated carbocycles. The molecule has 0 saturated heterocycles.